The third-order valence-electron chi connectivity index (χ3n) is 23.8. The van der Waals surface area contributed by atoms with Gasteiger partial charge in [0.15, 0.2) is 37.7 Å². The molecule has 0 aromatic carbocycles. The van der Waals surface area contributed by atoms with Crippen LogP contribution in [0.3, 0.4) is 0 Å². The summed E-state index contributed by atoms with van der Waals surface area (Å²) in [5, 5.41) is 213. The summed E-state index contributed by atoms with van der Waals surface area (Å²) in [6.07, 6.45) is -39.8. The highest BCUT2D eigenvalue weighted by molar-refractivity contribution is 5.26. The summed E-state index contributed by atoms with van der Waals surface area (Å²) in [6.45, 7) is 6.58. The van der Waals surface area contributed by atoms with Gasteiger partial charge in [-0.2, -0.15) is 0 Å². The molecule has 0 aromatic rings. The van der Waals surface area contributed by atoms with Gasteiger partial charge >= 0.3 is 0 Å². The fourth-order valence-corrected chi connectivity index (χ4v) is 17.5. The molecule has 40 atom stereocenters. The molecule has 0 amide bonds. The van der Waals surface area contributed by atoms with E-state index in [0.717, 1.165) is 57.8 Å². The molecule has 6 aliphatic heterocycles. The maximum absolute atomic E-state index is 12.0. The van der Waals surface area contributed by atoms with Crippen molar-refractivity contribution in [2.75, 3.05) is 46.2 Å². The molecule has 0 radical (unpaired) electrons. The molecule has 556 valence electrons. The van der Waals surface area contributed by atoms with Gasteiger partial charge in [0, 0.05) is 0 Å². The summed E-state index contributed by atoms with van der Waals surface area (Å²) < 4.78 is 70.5. The van der Waals surface area contributed by atoms with Crippen molar-refractivity contribution in [2.24, 2.45) is 52.3 Å². The predicted octanol–water partition coefficient (Wildman–Crippen LogP) is -6.45. The summed E-state index contributed by atoms with van der Waals surface area (Å²) in [5.74, 6) is 2.24. The minimum atomic E-state index is -2.08. The number of ether oxygens (including phenoxy) is 12. The monoisotopic (exact) mass is 1390 g/mol. The summed E-state index contributed by atoms with van der Waals surface area (Å²) in [6, 6.07) is 0. The van der Waals surface area contributed by atoms with Crippen molar-refractivity contribution in [2.45, 2.75) is 289 Å². The Morgan fingerprint density at radius 3 is 1.38 bits per heavy atom. The topological polar surface area (TPSA) is 515 Å². The highest BCUT2D eigenvalue weighted by Crippen LogP contribution is 2.67. The molecule has 0 aromatic heterocycles. The first-order valence-electron chi connectivity index (χ1n) is 34.3. The van der Waals surface area contributed by atoms with Crippen LogP contribution in [0.2, 0.25) is 0 Å². The third kappa shape index (κ3) is 15.2. The Kier molecular flexibility index (Phi) is 25.9. The van der Waals surface area contributed by atoms with Gasteiger partial charge in [0.25, 0.3) is 0 Å². The average Bonchev–Trinajstić information content (AvgIpc) is 1.37. The Labute approximate surface area is 556 Å². The number of aliphatic hydroxyl groups excluding tert-OH is 20. The van der Waals surface area contributed by atoms with Crippen LogP contribution in [0.5, 0.6) is 0 Å². The number of fused-ring (bicyclic) bond motifs is 5. The molecule has 0 spiro atoms. The Bertz CT molecular complexity index is 2470. The van der Waals surface area contributed by atoms with E-state index in [4.69, 9.17) is 56.8 Å². The molecule has 20 N–H and O–H groups in total. The molecule has 32 heteroatoms. The molecule has 10 rings (SSSR count). The highest BCUT2D eigenvalue weighted by Gasteiger charge is 2.61. The number of hydrogen-bond donors (Lipinski definition) is 20. The Morgan fingerprint density at radius 1 is 0.417 bits per heavy atom. The zero-order chi connectivity index (χ0) is 69.7. The van der Waals surface area contributed by atoms with E-state index in [1.165, 1.54) is 5.57 Å². The Balaban J connectivity index is 0.777. The normalized spacial score (nSPS) is 51.8. The lowest BCUT2D eigenvalue weighted by Gasteiger charge is -2.58. The fourth-order valence-electron chi connectivity index (χ4n) is 17.5. The van der Waals surface area contributed by atoms with Crippen molar-refractivity contribution >= 4 is 0 Å². The fraction of sp³-hybridized carbons (Fsp3) is 0.969. The second kappa shape index (κ2) is 32.2. The highest BCUT2D eigenvalue weighted by atomic mass is 16.8. The van der Waals surface area contributed by atoms with Gasteiger partial charge in [-0.15, -0.1) is 0 Å². The smallest absolute Gasteiger partial charge is 0.187 e. The summed E-state index contributed by atoms with van der Waals surface area (Å²) in [5.41, 5.74) is 1.45. The van der Waals surface area contributed by atoms with E-state index in [9.17, 15) is 102 Å². The van der Waals surface area contributed by atoms with E-state index in [2.05, 4.69) is 33.8 Å². The van der Waals surface area contributed by atoms with E-state index in [0.29, 0.717) is 36.0 Å². The van der Waals surface area contributed by atoms with Crippen molar-refractivity contribution in [3.63, 3.8) is 0 Å². The average molecular weight is 1390 g/mol. The maximum Gasteiger partial charge on any atom is 0.187 e. The molecule has 4 aliphatic carbocycles. The third-order valence-corrected chi connectivity index (χ3v) is 23.8. The van der Waals surface area contributed by atoms with Gasteiger partial charge in [0.2, 0.25) is 0 Å². The first kappa shape index (κ1) is 77.1. The molecular weight excluding hydrogens is 1280 g/mol. The van der Waals surface area contributed by atoms with Crippen LogP contribution in [0.25, 0.3) is 0 Å². The van der Waals surface area contributed by atoms with Crippen molar-refractivity contribution in [1.82, 2.24) is 0 Å². The zero-order valence-corrected chi connectivity index (χ0v) is 54.9. The number of hydrogen-bond acceptors (Lipinski definition) is 32. The molecule has 10 aliphatic rings. The largest absolute Gasteiger partial charge is 0.394 e. The van der Waals surface area contributed by atoms with Gasteiger partial charge in [0.05, 0.1) is 52.4 Å². The standard InChI is InChI=1S/C64H108O32/c1-24(6-7-25(2)30-10-11-31-29-9-8-27-16-28(12-14-63(27,4)32(29)13-15-64(30,31)5)87-58-49(80)43(74)39(70)33(17-65)88-58)26(3)22-85-62-56(96-61-53(84)48(79)55(37(21-69)92-61)95-60-51(82)45(76)41(72)35(19-67)90-60)46(77)42(73)38(93-62)23-86-57-52(83)47(78)54(36(20-68)91-57)94-59-50(81)44(75)40(71)34(18-66)89-59/h8,24-26,28-62,65-84H,6-7,9-23H2,1-5H3/t24-,25+,26?,28-,29-,30+,31-,32-,33+,34+,35+,36+,37+,38+,39+,40+,41+,42+,43-,44-,45-,46-,47+,48+,49+,50+,51+,52+,53+,54+,55+,56+,57+,58+,59-,60-,61-,62+,63-,64+/m0/s1. The zero-order valence-electron chi connectivity index (χ0n) is 54.9. The molecular formula is C64H108O32. The van der Waals surface area contributed by atoms with E-state index >= 15 is 0 Å². The first-order valence-corrected chi connectivity index (χ1v) is 34.3. The van der Waals surface area contributed by atoms with Crippen molar-refractivity contribution in [3.05, 3.63) is 11.6 Å². The van der Waals surface area contributed by atoms with Gasteiger partial charge < -0.3 is 159 Å². The maximum atomic E-state index is 12.0. The van der Waals surface area contributed by atoms with Crippen LogP contribution in [0.1, 0.15) is 98.8 Å². The molecule has 96 heavy (non-hydrogen) atoms. The second-order valence-corrected chi connectivity index (χ2v) is 29.5. The van der Waals surface area contributed by atoms with Gasteiger partial charge in [-0.1, -0.05) is 59.1 Å². The van der Waals surface area contributed by atoms with Crippen LogP contribution in [-0.2, 0) is 56.8 Å². The van der Waals surface area contributed by atoms with Gasteiger partial charge in [-0.3, -0.25) is 0 Å². The lowest BCUT2D eigenvalue weighted by Crippen LogP contribution is -2.67. The molecule has 1 unspecified atom stereocenters. The minimum Gasteiger partial charge on any atom is -0.394 e. The van der Waals surface area contributed by atoms with Crippen LogP contribution < -0.4 is 0 Å². The summed E-state index contributed by atoms with van der Waals surface area (Å²) >= 11 is 0. The van der Waals surface area contributed by atoms with E-state index < -0.39 is 224 Å². The lowest BCUT2D eigenvalue weighted by atomic mass is 9.47. The number of aliphatic hydroxyl groups is 20. The Morgan fingerprint density at radius 2 is 0.854 bits per heavy atom. The van der Waals surface area contributed by atoms with Crippen molar-refractivity contribution in [3.8, 4) is 0 Å². The van der Waals surface area contributed by atoms with Crippen molar-refractivity contribution < 1.29 is 159 Å². The molecule has 3 saturated carbocycles. The quantitative estimate of drug-likeness (QED) is 0.0400. The molecule has 6 saturated heterocycles. The van der Waals surface area contributed by atoms with Crippen LogP contribution in [0.15, 0.2) is 11.6 Å². The summed E-state index contributed by atoms with van der Waals surface area (Å²) in [7, 11) is 0. The number of rotatable bonds is 24. The van der Waals surface area contributed by atoms with Gasteiger partial charge in [-0.05, 0) is 104 Å². The van der Waals surface area contributed by atoms with Gasteiger partial charge in [-0.25, -0.2) is 0 Å². The molecule has 0 bridgehead atoms. The van der Waals surface area contributed by atoms with Crippen LogP contribution in [0.4, 0.5) is 0 Å². The van der Waals surface area contributed by atoms with Crippen LogP contribution in [-0.4, -0.2) is 339 Å². The van der Waals surface area contributed by atoms with E-state index in [-0.39, 0.29) is 35.4 Å². The van der Waals surface area contributed by atoms with E-state index in [1.807, 2.05) is 6.92 Å². The second-order valence-electron chi connectivity index (χ2n) is 29.5. The van der Waals surface area contributed by atoms with Crippen LogP contribution >= 0.6 is 0 Å². The van der Waals surface area contributed by atoms with Crippen LogP contribution in [0, 0.1) is 52.3 Å². The van der Waals surface area contributed by atoms with E-state index in [1.54, 1.807) is 0 Å². The first-order chi connectivity index (χ1) is 45.5. The Hall–Kier alpha value is -1.54. The lowest BCUT2D eigenvalue weighted by molar-refractivity contribution is -0.388. The molecule has 9 fully saturated rings. The SMILES string of the molecule is CC(CO[C@@H]1O[C@H](CO[C@@H]2O[C@H](CO)[C@@H](O[C@@H]3O[C@H](CO)[C@@H](O)[C@H](O)[C@H]3O)[C@H](O)[C@H]2O)[C@@H](O)[C@H](O)[C@H]1O[C@@H]1O[C@H](CO)[C@@H](O[C@@H]2O[C@H](CO)[C@@H](O)[C@H](O)[C@H]2O)[C@H](O)[C@H]1O)[C@@H](C)CC[C@@H](C)[C@H]1CC[C@H]2[C@@H]3CC=C4C[C@@H](O[C@@H]5O[C@H](CO)[C@@H](O)[C@H](O)[C@H]5O)CC[C@]4(C)[C@H]3CC[C@]12C. The molecule has 6 heterocycles. The number of allylic oxidation sites excluding steroid dienone is 1. The van der Waals surface area contributed by atoms with Gasteiger partial charge in [0.1, 0.15) is 146 Å². The molecule has 32 nitrogen and oxygen atoms in total. The van der Waals surface area contributed by atoms with Crippen molar-refractivity contribution in [1.29, 1.82) is 0 Å². The predicted molar refractivity (Wildman–Crippen MR) is 321 cm³/mol. The minimum absolute atomic E-state index is 0.0212. The summed E-state index contributed by atoms with van der Waals surface area (Å²) in [4.78, 5) is 0.